The number of likely N-dealkylation sites (tertiary alicyclic amines) is 1. The molecule has 1 unspecified atom stereocenters. The lowest BCUT2D eigenvalue weighted by Gasteiger charge is -2.12. The van der Waals surface area contributed by atoms with E-state index in [0.717, 1.165) is 32.5 Å². The van der Waals surface area contributed by atoms with Crippen LogP contribution in [0.1, 0.15) is 19.3 Å². The summed E-state index contributed by atoms with van der Waals surface area (Å²) in [5, 5.41) is 17.4. The summed E-state index contributed by atoms with van der Waals surface area (Å²) in [4.78, 5) is 2.21. The smallest absolute Gasteiger partial charge is 0.0679 e. The molecule has 1 atom stereocenters. The van der Waals surface area contributed by atoms with Crippen LogP contribution in [0.5, 0.6) is 0 Å². The summed E-state index contributed by atoms with van der Waals surface area (Å²) in [6.45, 7) is 2.75. The lowest BCUT2D eigenvalue weighted by molar-refractivity contribution is 0.176. The van der Waals surface area contributed by atoms with Crippen LogP contribution in [0.4, 0.5) is 0 Å². The van der Waals surface area contributed by atoms with Crippen LogP contribution in [0.2, 0.25) is 0 Å². The zero-order valence-corrected chi connectivity index (χ0v) is 6.66. The van der Waals surface area contributed by atoms with Crippen molar-refractivity contribution in [2.45, 2.75) is 25.4 Å². The van der Waals surface area contributed by atoms with E-state index < -0.39 is 0 Å². The quantitative estimate of drug-likeness (QED) is 0.597. The number of unbranched alkanes of at least 4 members (excludes halogenated alkanes) is 1. The monoisotopic (exact) mass is 154 g/mol. The lowest BCUT2D eigenvalue weighted by Crippen LogP contribution is -2.22. The molecule has 3 nitrogen and oxygen atoms in total. The van der Waals surface area contributed by atoms with Gasteiger partial charge in [0.2, 0.25) is 0 Å². The van der Waals surface area contributed by atoms with Crippen molar-refractivity contribution in [2.24, 2.45) is 0 Å². The van der Waals surface area contributed by atoms with Crippen molar-refractivity contribution in [3.05, 3.63) is 0 Å². The highest BCUT2D eigenvalue weighted by molar-refractivity contribution is 4.76. The highest BCUT2D eigenvalue weighted by Crippen LogP contribution is 2.08. The molecule has 0 bridgehead atoms. The van der Waals surface area contributed by atoms with Gasteiger partial charge in [-0.05, 0) is 19.4 Å². The average molecular weight is 154 g/mol. The molecule has 1 heterocycles. The molecule has 11 heavy (non-hydrogen) atoms. The van der Waals surface area contributed by atoms with Crippen molar-refractivity contribution < 1.29 is 5.11 Å². The third kappa shape index (κ3) is 2.87. The van der Waals surface area contributed by atoms with E-state index in [2.05, 4.69) is 11.0 Å². The first kappa shape index (κ1) is 8.51. The second-order valence-electron chi connectivity index (χ2n) is 3.00. The maximum Gasteiger partial charge on any atom is 0.0679 e. The normalized spacial score (nSPS) is 25.3. The molecule has 1 fully saturated rings. The number of aliphatic hydroxyl groups excluding tert-OH is 1. The topological polar surface area (TPSA) is 47.3 Å². The van der Waals surface area contributed by atoms with Crippen molar-refractivity contribution in [1.29, 1.82) is 5.26 Å². The summed E-state index contributed by atoms with van der Waals surface area (Å²) in [6, 6.07) is 2.11. The van der Waals surface area contributed by atoms with Gasteiger partial charge in [0.25, 0.3) is 0 Å². The van der Waals surface area contributed by atoms with E-state index in [1.54, 1.807) is 0 Å². The van der Waals surface area contributed by atoms with Crippen molar-refractivity contribution in [3.8, 4) is 6.07 Å². The average Bonchev–Trinajstić information content (AvgIpc) is 2.37. The van der Waals surface area contributed by atoms with Crippen LogP contribution in [0, 0.1) is 11.3 Å². The van der Waals surface area contributed by atoms with Crippen LogP contribution in [0.25, 0.3) is 0 Å². The Hall–Kier alpha value is -0.590. The molecule has 0 aromatic carbocycles. The van der Waals surface area contributed by atoms with Crippen LogP contribution >= 0.6 is 0 Å². The minimum Gasteiger partial charge on any atom is -0.392 e. The van der Waals surface area contributed by atoms with Crippen LogP contribution in [0.3, 0.4) is 0 Å². The predicted octanol–water partition coefficient (Wildman–Crippen LogP) is 0.357. The number of β-amino-alcohol motifs (C(OH)–C–C–N with tert-alkyl or cyclic N) is 1. The van der Waals surface area contributed by atoms with Crippen LogP contribution in [0.15, 0.2) is 0 Å². The van der Waals surface area contributed by atoms with Gasteiger partial charge in [0.1, 0.15) is 0 Å². The molecule has 1 N–H and O–H groups in total. The Morgan fingerprint density at radius 3 is 3.00 bits per heavy atom. The van der Waals surface area contributed by atoms with E-state index >= 15 is 0 Å². The van der Waals surface area contributed by atoms with E-state index in [9.17, 15) is 0 Å². The van der Waals surface area contributed by atoms with E-state index in [1.807, 2.05) is 0 Å². The third-order valence-corrected chi connectivity index (χ3v) is 2.01. The van der Waals surface area contributed by atoms with Gasteiger partial charge in [-0.1, -0.05) is 0 Å². The van der Waals surface area contributed by atoms with Crippen LogP contribution < -0.4 is 0 Å². The van der Waals surface area contributed by atoms with Gasteiger partial charge < -0.3 is 10.0 Å². The molecule has 0 aromatic rings. The number of nitriles is 1. The first-order chi connectivity index (χ1) is 5.33. The molecule has 0 radical (unpaired) electrons. The Balaban J connectivity index is 2.05. The molecule has 1 aliphatic heterocycles. The van der Waals surface area contributed by atoms with Gasteiger partial charge >= 0.3 is 0 Å². The molecule has 0 aromatic heterocycles. The Kier molecular flexibility index (Phi) is 3.34. The molecule has 1 rings (SSSR count). The van der Waals surface area contributed by atoms with Gasteiger partial charge in [0.05, 0.1) is 12.2 Å². The van der Waals surface area contributed by atoms with Gasteiger partial charge in [0, 0.05) is 19.5 Å². The minimum atomic E-state index is -0.128. The standard InChI is InChI=1S/C8H14N2O/c9-4-1-2-5-10-6-3-8(11)7-10/h8,11H,1-3,5-7H2. The lowest BCUT2D eigenvalue weighted by atomic mass is 10.3. The molecule has 1 saturated heterocycles. The first-order valence-corrected chi connectivity index (χ1v) is 4.10. The Bertz CT molecular complexity index is 153. The molecule has 0 saturated carbocycles. The van der Waals surface area contributed by atoms with Gasteiger partial charge in [-0.2, -0.15) is 5.26 Å². The third-order valence-electron chi connectivity index (χ3n) is 2.01. The van der Waals surface area contributed by atoms with E-state index in [4.69, 9.17) is 10.4 Å². The van der Waals surface area contributed by atoms with Crippen molar-refractivity contribution >= 4 is 0 Å². The molecule has 0 amide bonds. The number of hydrogen-bond acceptors (Lipinski definition) is 3. The Morgan fingerprint density at radius 2 is 2.45 bits per heavy atom. The number of hydrogen-bond donors (Lipinski definition) is 1. The maximum absolute atomic E-state index is 9.15. The fraction of sp³-hybridized carbons (Fsp3) is 0.875. The molecule has 0 spiro atoms. The summed E-state index contributed by atoms with van der Waals surface area (Å²) in [6.07, 6.45) is 2.33. The van der Waals surface area contributed by atoms with Gasteiger partial charge in [-0.3, -0.25) is 0 Å². The van der Waals surface area contributed by atoms with E-state index in [1.165, 1.54) is 0 Å². The van der Waals surface area contributed by atoms with Gasteiger partial charge in [-0.15, -0.1) is 0 Å². The highest BCUT2D eigenvalue weighted by Gasteiger charge is 2.18. The molecule has 1 aliphatic rings. The van der Waals surface area contributed by atoms with Crippen molar-refractivity contribution in [3.63, 3.8) is 0 Å². The number of aliphatic hydroxyl groups is 1. The summed E-state index contributed by atoms with van der Waals surface area (Å²) in [7, 11) is 0. The zero-order valence-electron chi connectivity index (χ0n) is 6.66. The molecular weight excluding hydrogens is 140 g/mol. The van der Waals surface area contributed by atoms with E-state index in [-0.39, 0.29) is 6.10 Å². The van der Waals surface area contributed by atoms with E-state index in [0.29, 0.717) is 6.42 Å². The maximum atomic E-state index is 9.15. The van der Waals surface area contributed by atoms with Gasteiger partial charge in [-0.25, -0.2) is 0 Å². The predicted molar refractivity (Wildman–Crippen MR) is 41.9 cm³/mol. The Morgan fingerprint density at radius 1 is 1.64 bits per heavy atom. The highest BCUT2D eigenvalue weighted by atomic mass is 16.3. The minimum absolute atomic E-state index is 0.128. The summed E-state index contributed by atoms with van der Waals surface area (Å²) in [5.74, 6) is 0. The second-order valence-corrected chi connectivity index (χ2v) is 3.00. The second kappa shape index (κ2) is 4.32. The molecular formula is C8H14N2O. The fourth-order valence-electron chi connectivity index (χ4n) is 1.40. The van der Waals surface area contributed by atoms with Crippen molar-refractivity contribution in [1.82, 2.24) is 4.90 Å². The molecule has 62 valence electrons. The SMILES string of the molecule is N#CCCCN1CCC(O)C1. The first-order valence-electron chi connectivity index (χ1n) is 4.10. The van der Waals surface area contributed by atoms with Crippen LogP contribution in [-0.2, 0) is 0 Å². The van der Waals surface area contributed by atoms with Crippen molar-refractivity contribution in [2.75, 3.05) is 19.6 Å². The molecule has 0 aliphatic carbocycles. The fourth-order valence-corrected chi connectivity index (χ4v) is 1.40. The number of nitrogens with zero attached hydrogens (tertiary/aromatic N) is 2. The summed E-state index contributed by atoms with van der Waals surface area (Å²) < 4.78 is 0. The Labute approximate surface area is 67.2 Å². The summed E-state index contributed by atoms with van der Waals surface area (Å²) in [5.41, 5.74) is 0. The molecule has 3 heteroatoms. The zero-order chi connectivity index (χ0) is 8.10. The summed E-state index contributed by atoms with van der Waals surface area (Å²) >= 11 is 0. The van der Waals surface area contributed by atoms with Gasteiger partial charge in [0.15, 0.2) is 0 Å². The largest absolute Gasteiger partial charge is 0.392 e. The number of rotatable bonds is 3. The van der Waals surface area contributed by atoms with Crippen LogP contribution in [-0.4, -0.2) is 35.7 Å².